The Morgan fingerprint density at radius 3 is 3.21 bits per heavy atom. The fourth-order valence-electron chi connectivity index (χ4n) is 1.78. The molecule has 1 aliphatic heterocycles. The predicted octanol–water partition coefficient (Wildman–Crippen LogP) is 2.78. The monoisotopic (exact) mass is 208 g/mol. The highest BCUT2D eigenvalue weighted by atomic mass is 32.2. The van der Waals surface area contributed by atoms with Gasteiger partial charge in [0.1, 0.15) is 0 Å². The molecule has 1 aromatic heterocycles. The molecule has 1 saturated heterocycles. The van der Waals surface area contributed by atoms with E-state index in [-0.39, 0.29) is 0 Å². The SMILES string of the molecule is CC1SCCCC1Nc1cccnc1. The van der Waals surface area contributed by atoms with Crippen molar-refractivity contribution in [3.05, 3.63) is 24.5 Å². The zero-order chi connectivity index (χ0) is 9.80. The summed E-state index contributed by atoms with van der Waals surface area (Å²) in [6.07, 6.45) is 6.31. The van der Waals surface area contributed by atoms with Crippen molar-refractivity contribution < 1.29 is 0 Å². The molecule has 2 nitrogen and oxygen atoms in total. The molecule has 0 spiro atoms. The third kappa shape index (κ3) is 2.41. The average molecular weight is 208 g/mol. The first-order chi connectivity index (χ1) is 6.86. The molecular formula is C11H16N2S. The standard InChI is InChI=1S/C11H16N2S/c1-9-11(5-3-7-14-9)13-10-4-2-6-12-8-10/h2,4,6,8-9,11,13H,3,5,7H2,1H3. The van der Waals surface area contributed by atoms with E-state index in [0.29, 0.717) is 11.3 Å². The topological polar surface area (TPSA) is 24.9 Å². The Morgan fingerprint density at radius 1 is 1.57 bits per heavy atom. The number of nitrogens with one attached hydrogen (secondary N) is 1. The molecule has 0 radical (unpaired) electrons. The summed E-state index contributed by atoms with van der Waals surface area (Å²) in [5.41, 5.74) is 1.15. The number of nitrogens with zero attached hydrogens (tertiary/aromatic N) is 1. The number of thioether (sulfide) groups is 1. The van der Waals surface area contributed by atoms with E-state index in [9.17, 15) is 0 Å². The van der Waals surface area contributed by atoms with Crippen LogP contribution in [0.4, 0.5) is 5.69 Å². The van der Waals surface area contributed by atoms with E-state index < -0.39 is 0 Å². The molecule has 76 valence electrons. The van der Waals surface area contributed by atoms with Crippen LogP contribution < -0.4 is 5.32 Å². The average Bonchev–Trinajstić information content (AvgIpc) is 2.23. The maximum atomic E-state index is 4.11. The molecule has 14 heavy (non-hydrogen) atoms. The Morgan fingerprint density at radius 2 is 2.50 bits per heavy atom. The fraction of sp³-hybridized carbons (Fsp3) is 0.545. The van der Waals surface area contributed by atoms with Gasteiger partial charge < -0.3 is 5.32 Å². The Labute approximate surface area is 89.5 Å². The summed E-state index contributed by atoms with van der Waals surface area (Å²) in [7, 11) is 0. The molecule has 0 saturated carbocycles. The number of anilines is 1. The Bertz CT molecular complexity index is 276. The number of hydrogen-bond acceptors (Lipinski definition) is 3. The number of rotatable bonds is 2. The second kappa shape index (κ2) is 4.69. The van der Waals surface area contributed by atoms with Crippen LogP contribution in [0.2, 0.25) is 0 Å². The van der Waals surface area contributed by atoms with Gasteiger partial charge in [-0.3, -0.25) is 4.98 Å². The molecule has 0 aliphatic carbocycles. The van der Waals surface area contributed by atoms with Crippen molar-refractivity contribution in [3.63, 3.8) is 0 Å². The van der Waals surface area contributed by atoms with Gasteiger partial charge in [0.15, 0.2) is 0 Å². The first kappa shape index (κ1) is 9.84. The van der Waals surface area contributed by atoms with Crippen LogP contribution in [0.15, 0.2) is 24.5 Å². The lowest BCUT2D eigenvalue weighted by Gasteiger charge is -2.29. The van der Waals surface area contributed by atoms with E-state index in [2.05, 4.69) is 35.1 Å². The fourth-order valence-corrected chi connectivity index (χ4v) is 2.92. The van der Waals surface area contributed by atoms with Gasteiger partial charge in [0, 0.05) is 23.7 Å². The second-order valence-electron chi connectivity index (χ2n) is 3.71. The largest absolute Gasteiger partial charge is 0.380 e. The highest BCUT2D eigenvalue weighted by molar-refractivity contribution is 7.99. The van der Waals surface area contributed by atoms with Gasteiger partial charge in [-0.2, -0.15) is 11.8 Å². The van der Waals surface area contributed by atoms with Gasteiger partial charge in [-0.25, -0.2) is 0 Å². The van der Waals surface area contributed by atoms with Crippen LogP contribution in [0.25, 0.3) is 0 Å². The molecule has 2 unspecified atom stereocenters. The zero-order valence-corrected chi connectivity index (χ0v) is 9.26. The normalized spacial score (nSPS) is 27.2. The van der Waals surface area contributed by atoms with Crippen LogP contribution in [-0.4, -0.2) is 22.0 Å². The predicted molar refractivity (Wildman–Crippen MR) is 62.8 cm³/mol. The van der Waals surface area contributed by atoms with E-state index in [1.165, 1.54) is 18.6 Å². The van der Waals surface area contributed by atoms with Crippen LogP contribution >= 0.6 is 11.8 Å². The summed E-state index contributed by atoms with van der Waals surface area (Å²) < 4.78 is 0. The molecule has 2 heterocycles. The molecule has 1 fully saturated rings. The highest BCUT2D eigenvalue weighted by Crippen LogP contribution is 2.27. The lowest BCUT2D eigenvalue weighted by Crippen LogP contribution is -2.32. The molecule has 0 bridgehead atoms. The van der Waals surface area contributed by atoms with Gasteiger partial charge in [0.2, 0.25) is 0 Å². The Kier molecular flexibility index (Phi) is 3.30. The van der Waals surface area contributed by atoms with E-state index in [4.69, 9.17) is 0 Å². The van der Waals surface area contributed by atoms with Gasteiger partial charge >= 0.3 is 0 Å². The molecule has 1 N–H and O–H groups in total. The van der Waals surface area contributed by atoms with E-state index in [0.717, 1.165) is 5.69 Å². The summed E-state index contributed by atoms with van der Waals surface area (Å²) in [6, 6.07) is 4.67. The lowest BCUT2D eigenvalue weighted by atomic mass is 10.1. The Hall–Kier alpha value is -0.700. The Balaban J connectivity index is 1.96. The van der Waals surface area contributed by atoms with Gasteiger partial charge in [-0.05, 0) is 30.7 Å². The molecule has 1 aromatic rings. The molecule has 2 atom stereocenters. The van der Waals surface area contributed by atoms with Crippen molar-refractivity contribution in [2.75, 3.05) is 11.1 Å². The molecule has 1 aliphatic rings. The zero-order valence-electron chi connectivity index (χ0n) is 8.44. The van der Waals surface area contributed by atoms with Crippen LogP contribution in [0.5, 0.6) is 0 Å². The van der Waals surface area contributed by atoms with E-state index >= 15 is 0 Å². The minimum atomic E-state index is 0.609. The molecule has 0 aromatic carbocycles. The number of pyridine rings is 1. The summed E-state index contributed by atoms with van der Waals surface area (Å²) in [4.78, 5) is 4.11. The van der Waals surface area contributed by atoms with Gasteiger partial charge in [0.25, 0.3) is 0 Å². The van der Waals surface area contributed by atoms with Gasteiger partial charge in [0.05, 0.1) is 5.69 Å². The summed E-state index contributed by atoms with van der Waals surface area (Å²) in [6.45, 7) is 2.30. The lowest BCUT2D eigenvalue weighted by molar-refractivity contribution is 0.617. The second-order valence-corrected chi connectivity index (χ2v) is 5.20. The van der Waals surface area contributed by atoms with Crippen LogP contribution in [-0.2, 0) is 0 Å². The van der Waals surface area contributed by atoms with Crippen molar-refractivity contribution in [1.29, 1.82) is 0 Å². The van der Waals surface area contributed by atoms with Crippen molar-refractivity contribution >= 4 is 17.4 Å². The number of hydrogen-bond donors (Lipinski definition) is 1. The molecule has 0 amide bonds. The third-order valence-corrected chi connectivity index (χ3v) is 4.00. The van der Waals surface area contributed by atoms with Crippen LogP contribution in [0.1, 0.15) is 19.8 Å². The summed E-state index contributed by atoms with van der Waals surface area (Å²) in [5, 5.41) is 4.26. The highest BCUT2D eigenvalue weighted by Gasteiger charge is 2.21. The van der Waals surface area contributed by atoms with E-state index in [1.54, 1.807) is 0 Å². The van der Waals surface area contributed by atoms with Crippen LogP contribution in [0, 0.1) is 0 Å². The smallest absolute Gasteiger partial charge is 0.0529 e. The van der Waals surface area contributed by atoms with Gasteiger partial charge in [-0.15, -0.1) is 0 Å². The number of aromatic nitrogens is 1. The van der Waals surface area contributed by atoms with Gasteiger partial charge in [-0.1, -0.05) is 6.92 Å². The molecular weight excluding hydrogens is 192 g/mol. The molecule has 2 rings (SSSR count). The first-order valence-corrected chi connectivity index (χ1v) is 6.19. The van der Waals surface area contributed by atoms with Crippen molar-refractivity contribution in [3.8, 4) is 0 Å². The third-order valence-electron chi connectivity index (χ3n) is 2.62. The van der Waals surface area contributed by atoms with Crippen LogP contribution in [0.3, 0.4) is 0 Å². The minimum Gasteiger partial charge on any atom is -0.380 e. The summed E-state index contributed by atoms with van der Waals surface area (Å²) in [5.74, 6) is 1.31. The van der Waals surface area contributed by atoms with E-state index in [1.807, 2.05) is 18.5 Å². The van der Waals surface area contributed by atoms with Crippen molar-refractivity contribution in [2.45, 2.75) is 31.1 Å². The van der Waals surface area contributed by atoms with Crippen molar-refractivity contribution in [1.82, 2.24) is 4.98 Å². The molecule has 3 heteroatoms. The maximum Gasteiger partial charge on any atom is 0.0529 e. The minimum absolute atomic E-state index is 0.609. The van der Waals surface area contributed by atoms with Crippen molar-refractivity contribution in [2.24, 2.45) is 0 Å². The quantitative estimate of drug-likeness (QED) is 0.809. The first-order valence-electron chi connectivity index (χ1n) is 5.14. The summed E-state index contributed by atoms with van der Waals surface area (Å²) >= 11 is 2.06. The maximum absolute atomic E-state index is 4.11.